The molecule has 2 unspecified atom stereocenters. The number of fused-ring (bicyclic) bond motifs is 1. The molecule has 0 bridgehead atoms. The number of methoxy groups -OCH3 is 1. The molecule has 3 rings (SSSR count). The van der Waals surface area contributed by atoms with E-state index in [0.29, 0.717) is 12.0 Å². The second-order valence-electron chi connectivity index (χ2n) is 7.54. The van der Waals surface area contributed by atoms with E-state index in [-0.39, 0.29) is 32.9 Å². The first-order valence-corrected chi connectivity index (χ1v) is 10.0. The van der Waals surface area contributed by atoms with Gasteiger partial charge in [0.25, 0.3) is 0 Å². The van der Waals surface area contributed by atoms with Gasteiger partial charge in [0.1, 0.15) is 11.6 Å². The average Bonchev–Trinajstić information content (AvgIpc) is 2.72. The maximum Gasteiger partial charge on any atom is 0.422 e. The molecule has 176 valence electrons. The zero-order chi connectivity index (χ0) is 24.6. The van der Waals surface area contributed by atoms with Crippen molar-refractivity contribution in [3.05, 3.63) is 58.5 Å². The van der Waals surface area contributed by atoms with E-state index in [1.165, 1.54) is 25.3 Å². The molecule has 1 aromatic heterocycles. The van der Waals surface area contributed by atoms with Gasteiger partial charge in [-0.15, -0.1) is 0 Å². The van der Waals surface area contributed by atoms with Gasteiger partial charge in [0.05, 0.1) is 23.3 Å². The lowest BCUT2D eigenvalue weighted by atomic mass is 9.86. The van der Waals surface area contributed by atoms with E-state index in [1.807, 2.05) is 0 Å². The molecule has 0 amide bonds. The molecule has 0 aliphatic heterocycles. The van der Waals surface area contributed by atoms with Crippen molar-refractivity contribution in [1.29, 1.82) is 0 Å². The highest BCUT2D eigenvalue weighted by molar-refractivity contribution is 6.30. The zero-order valence-corrected chi connectivity index (χ0v) is 18.5. The number of alkyl halides is 3. The number of aliphatic imine (C=N–C) groups is 1. The minimum atomic E-state index is -5.14. The van der Waals surface area contributed by atoms with Crippen molar-refractivity contribution in [2.45, 2.75) is 38.0 Å². The van der Waals surface area contributed by atoms with Crippen molar-refractivity contribution in [1.82, 2.24) is 9.97 Å². The van der Waals surface area contributed by atoms with Crippen LogP contribution in [0.1, 0.15) is 30.7 Å². The standard InChI is InChI=1S/C22H19ClF5N3O2/c1-11(14-4-5-16(23)19(25)20(14)33-3)8-21(32,22(26,27)28)10-30-17-6-13(24)7-18-15(17)9-29-12(2)31-18/h4-7,9-11,32H,8H2,1-3H3/b30-10-. The number of aryl methyl sites for hydroxylation is 1. The highest BCUT2D eigenvalue weighted by atomic mass is 35.5. The smallest absolute Gasteiger partial charge is 0.422 e. The summed E-state index contributed by atoms with van der Waals surface area (Å²) in [5.41, 5.74) is -3.37. The first-order valence-electron chi connectivity index (χ1n) is 9.65. The predicted octanol–water partition coefficient (Wildman–Crippen LogP) is 6.07. The zero-order valence-electron chi connectivity index (χ0n) is 17.7. The molecule has 11 heteroatoms. The Hall–Kier alpha value is -2.85. The number of halogens is 6. The van der Waals surface area contributed by atoms with Crippen LogP contribution in [-0.2, 0) is 0 Å². The third-order valence-corrected chi connectivity index (χ3v) is 5.40. The van der Waals surface area contributed by atoms with Gasteiger partial charge in [-0.25, -0.2) is 18.7 Å². The predicted molar refractivity (Wildman–Crippen MR) is 114 cm³/mol. The molecule has 0 aliphatic carbocycles. The summed E-state index contributed by atoms with van der Waals surface area (Å²) >= 11 is 5.72. The maximum atomic E-state index is 14.3. The summed E-state index contributed by atoms with van der Waals surface area (Å²) in [5, 5.41) is 10.5. The Morgan fingerprint density at radius 2 is 1.94 bits per heavy atom. The molecular weight excluding hydrogens is 469 g/mol. The Kier molecular flexibility index (Phi) is 6.90. The highest BCUT2D eigenvalue weighted by Crippen LogP contribution is 2.41. The van der Waals surface area contributed by atoms with Gasteiger partial charge >= 0.3 is 6.18 Å². The van der Waals surface area contributed by atoms with Crippen molar-refractivity contribution in [3.63, 3.8) is 0 Å². The van der Waals surface area contributed by atoms with E-state index in [1.54, 1.807) is 6.92 Å². The molecule has 5 nitrogen and oxygen atoms in total. The fourth-order valence-corrected chi connectivity index (χ4v) is 3.57. The monoisotopic (exact) mass is 487 g/mol. The van der Waals surface area contributed by atoms with Gasteiger partial charge in [-0.2, -0.15) is 13.2 Å². The summed E-state index contributed by atoms with van der Waals surface area (Å²) in [6.07, 6.45) is -4.45. The number of nitrogens with zero attached hydrogens (tertiary/aromatic N) is 3. The van der Waals surface area contributed by atoms with Gasteiger partial charge in [-0.1, -0.05) is 24.6 Å². The lowest BCUT2D eigenvalue weighted by Gasteiger charge is -2.30. The van der Waals surface area contributed by atoms with Crippen LogP contribution in [0.5, 0.6) is 5.75 Å². The summed E-state index contributed by atoms with van der Waals surface area (Å²) in [6.45, 7) is 2.94. The first kappa shape index (κ1) is 24.8. The molecule has 0 spiro atoms. The largest absolute Gasteiger partial charge is 0.493 e. The normalized spacial score (nSPS) is 15.1. The molecule has 0 aliphatic rings. The summed E-state index contributed by atoms with van der Waals surface area (Å²) in [4.78, 5) is 11.7. The number of rotatable bonds is 6. The van der Waals surface area contributed by atoms with Crippen LogP contribution in [0.25, 0.3) is 10.9 Å². The van der Waals surface area contributed by atoms with E-state index < -0.39 is 35.8 Å². The Labute approximate surface area is 190 Å². The Morgan fingerprint density at radius 3 is 2.58 bits per heavy atom. The third kappa shape index (κ3) is 5.06. The topological polar surface area (TPSA) is 67.6 Å². The number of hydrogen-bond acceptors (Lipinski definition) is 5. The van der Waals surface area contributed by atoms with Crippen LogP contribution in [0.4, 0.5) is 27.6 Å². The Balaban J connectivity index is 2.02. The second-order valence-corrected chi connectivity index (χ2v) is 7.95. The number of hydrogen-bond donors (Lipinski definition) is 1. The Bertz CT molecular complexity index is 1210. The van der Waals surface area contributed by atoms with Crippen LogP contribution in [0.2, 0.25) is 5.02 Å². The van der Waals surface area contributed by atoms with Gasteiger partial charge in [0.2, 0.25) is 0 Å². The quantitative estimate of drug-likeness (QED) is 0.338. The van der Waals surface area contributed by atoms with Crippen LogP contribution in [0, 0.1) is 18.6 Å². The molecule has 2 atom stereocenters. The van der Waals surface area contributed by atoms with Crippen LogP contribution < -0.4 is 4.74 Å². The van der Waals surface area contributed by atoms with Crippen molar-refractivity contribution in [2.24, 2.45) is 4.99 Å². The SMILES string of the molecule is COc1c(C(C)CC(O)(/C=N\c2cc(F)cc3nc(C)ncc23)C(F)(F)F)ccc(Cl)c1F. The van der Waals surface area contributed by atoms with E-state index in [4.69, 9.17) is 16.3 Å². The van der Waals surface area contributed by atoms with Crippen molar-refractivity contribution >= 4 is 34.4 Å². The number of benzene rings is 2. The average molecular weight is 488 g/mol. The summed E-state index contributed by atoms with van der Waals surface area (Å²) in [6, 6.07) is 4.52. The third-order valence-electron chi connectivity index (χ3n) is 5.10. The highest BCUT2D eigenvalue weighted by Gasteiger charge is 2.53. The molecule has 0 saturated heterocycles. The van der Waals surface area contributed by atoms with Gasteiger partial charge in [0, 0.05) is 35.5 Å². The van der Waals surface area contributed by atoms with Gasteiger partial charge in [-0.3, -0.25) is 4.99 Å². The molecule has 0 fully saturated rings. The molecule has 33 heavy (non-hydrogen) atoms. The molecule has 1 heterocycles. The summed E-state index contributed by atoms with van der Waals surface area (Å²) < 4.78 is 74.9. The molecule has 2 aromatic carbocycles. The first-order chi connectivity index (χ1) is 15.4. The van der Waals surface area contributed by atoms with Gasteiger partial charge in [-0.05, 0) is 25.3 Å². The van der Waals surface area contributed by atoms with Crippen molar-refractivity contribution < 1.29 is 31.8 Å². The minimum Gasteiger partial charge on any atom is -0.493 e. The molecule has 3 aromatic rings. The van der Waals surface area contributed by atoms with E-state index >= 15 is 0 Å². The molecule has 0 saturated carbocycles. The molecule has 0 radical (unpaired) electrons. The fraction of sp³-hybridized carbons (Fsp3) is 0.318. The van der Waals surface area contributed by atoms with Crippen LogP contribution in [-0.4, -0.2) is 40.2 Å². The number of ether oxygens (including phenoxy) is 1. The van der Waals surface area contributed by atoms with Crippen LogP contribution in [0.15, 0.2) is 35.5 Å². The van der Waals surface area contributed by atoms with Gasteiger partial charge in [0.15, 0.2) is 17.2 Å². The molecular formula is C22H19ClF5N3O2. The van der Waals surface area contributed by atoms with Gasteiger partial charge < -0.3 is 9.84 Å². The summed E-state index contributed by atoms with van der Waals surface area (Å²) in [5.74, 6) is -2.69. The van der Waals surface area contributed by atoms with E-state index in [2.05, 4.69) is 15.0 Å². The minimum absolute atomic E-state index is 0.0792. The van der Waals surface area contributed by atoms with Crippen LogP contribution in [0.3, 0.4) is 0 Å². The molecule has 1 N–H and O–H groups in total. The van der Waals surface area contributed by atoms with Crippen molar-refractivity contribution in [2.75, 3.05) is 7.11 Å². The second kappa shape index (κ2) is 9.18. The lowest BCUT2D eigenvalue weighted by molar-refractivity contribution is -0.231. The van der Waals surface area contributed by atoms with Crippen molar-refractivity contribution in [3.8, 4) is 5.75 Å². The number of aromatic nitrogens is 2. The Morgan fingerprint density at radius 1 is 1.24 bits per heavy atom. The van der Waals surface area contributed by atoms with Crippen LogP contribution >= 0.6 is 11.6 Å². The maximum absolute atomic E-state index is 14.3. The van der Waals surface area contributed by atoms with E-state index in [0.717, 1.165) is 19.2 Å². The fourth-order valence-electron chi connectivity index (χ4n) is 3.42. The van der Waals surface area contributed by atoms with E-state index in [9.17, 15) is 27.1 Å². The lowest BCUT2D eigenvalue weighted by Crippen LogP contribution is -2.47. The number of aliphatic hydroxyl groups is 1. The summed E-state index contributed by atoms with van der Waals surface area (Å²) in [7, 11) is 1.15.